The number of aryl methyl sites for hydroxylation is 1. The van der Waals surface area contributed by atoms with Gasteiger partial charge in [0, 0.05) is 24.4 Å². The molecule has 1 atom stereocenters. The fraction of sp³-hybridized carbons (Fsp3) is 0.722. The van der Waals surface area contributed by atoms with Crippen molar-refractivity contribution in [2.75, 3.05) is 0 Å². The minimum Gasteiger partial charge on any atom is -0.327 e. The Morgan fingerprint density at radius 3 is 2.30 bits per heavy atom. The van der Waals surface area contributed by atoms with Crippen LogP contribution in [0.3, 0.4) is 0 Å². The highest BCUT2D eigenvalue weighted by Crippen LogP contribution is 2.57. The quantitative estimate of drug-likeness (QED) is 0.915. The van der Waals surface area contributed by atoms with E-state index < -0.39 is 0 Å². The fourth-order valence-corrected chi connectivity index (χ4v) is 5.66. The van der Waals surface area contributed by atoms with Gasteiger partial charge in [0.05, 0.1) is 0 Å². The molecule has 1 aromatic heterocycles. The summed E-state index contributed by atoms with van der Waals surface area (Å²) >= 11 is 0. The first kappa shape index (κ1) is 12.8. The van der Waals surface area contributed by atoms with E-state index in [1.807, 2.05) is 6.20 Å². The molecule has 4 saturated carbocycles. The van der Waals surface area contributed by atoms with E-state index in [1.165, 1.54) is 43.4 Å². The zero-order valence-electron chi connectivity index (χ0n) is 12.5. The smallest absolute Gasteiger partial charge is 0.0419 e. The molecule has 4 aliphatic rings. The van der Waals surface area contributed by atoms with Crippen LogP contribution in [0.5, 0.6) is 0 Å². The summed E-state index contributed by atoms with van der Waals surface area (Å²) < 4.78 is 0. The molecule has 4 bridgehead atoms. The first-order valence-electron chi connectivity index (χ1n) is 8.36. The summed E-state index contributed by atoms with van der Waals surface area (Å²) in [5.41, 5.74) is 9.04. The van der Waals surface area contributed by atoms with E-state index >= 15 is 0 Å². The van der Waals surface area contributed by atoms with E-state index in [0.717, 1.165) is 36.0 Å². The molecule has 2 heteroatoms. The lowest BCUT2D eigenvalue weighted by molar-refractivity contribution is -0.0465. The average molecular weight is 270 g/mol. The zero-order valence-corrected chi connectivity index (χ0v) is 12.5. The van der Waals surface area contributed by atoms with Crippen LogP contribution >= 0.6 is 0 Å². The summed E-state index contributed by atoms with van der Waals surface area (Å²) in [4.78, 5) is 4.55. The summed E-state index contributed by atoms with van der Waals surface area (Å²) in [6.07, 6.45) is 10.3. The Morgan fingerprint density at radius 1 is 1.10 bits per heavy atom. The predicted molar refractivity (Wildman–Crippen MR) is 81.2 cm³/mol. The molecule has 0 amide bonds. The van der Waals surface area contributed by atoms with Gasteiger partial charge in [-0.2, -0.15) is 0 Å². The lowest BCUT2D eigenvalue weighted by Crippen LogP contribution is -2.52. The van der Waals surface area contributed by atoms with Crippen LogP contribution in [-0.4, -0.2) is 11.0 Å². The third-order valence-electron chi connectivity index (χ3n) is 6.21. The molecule has 20 heavy (non-hydrogen) atoms. The number of rotatable bonds is 3. The number of hydrogen-bond acceptors (Lipinski definition) is 2. The highest BCUT2D eigenvalue weighted by atomic mass is 14.7. The number of nitrogens with zero attached hydrogens (tertiary/aromatic N) is 1. The molecule has 1 aromatic rings. The Morgan fingerprint density at radius 2 is 1.75 bits per heavy atom. The topological polar surface area (TPSA) is 38.9 Å². The van der Waals surface area contributed by atoms with E-state index in [4.69, 9.17) is 5.73 Å². The summed E-state index contributed by atoms with van der Waals surface area (Å²) in [5, 5.41) is 0. The van der Waals surface area contributed by atoms with Crippen LogP contribution in [0.15, 0.2) is 18.3 Å². The number of pyridine rings is 1. The summed E-state index contributed by atoms with van der Waals surface area (Å²) in [7, 11) is 0. The van der Waals surface area contributed by atoms with Gasteiger partial charge in [-0.05, 0) is 80.2 Å². The highest BCUT2D eigenvalue weighted by molar-refractivity contribution is 5.14. The van der Waals surface area contributed by atoms with Gasteiger partial charge in [-0.15, -0.1) is 0 Å². The Kier molecular flexibility index (Phi) is 3.10. The maximum Gasteiger partial charge on any atom is 0.0419 e. The standard InChI is InChI=1S/C18H26N2/c1-11-2-3-16(20-10-11)9-17(19)18-14-5-12-4-13(7-14)8-15(18)6-12/h2-3,10,12-15,17-18H,4-9,19H2,1H3. The number of hydrogen-bond donors (Lipinski definition) is 1. The van der Waals surface area contributed by atoms with Gasteiger partial charge in [0.15, 0.2) is 0 Å². The van der Waals surface area contributed by atoms with Crippen molar-refractivity contribution in [3.05, 3.63) is 29.6 Å². The van der Waals surface area contributed by atoms with Gasteiger partial charge in [0.25, 0.3) is 0 Å². The molecular formula is C18H26N2. The molecule has 2 nitrogen and oxygen atoms in total. The number of aromatic nitrogens is 1. The lowest BCUT2D eigenvalue weighted by Gasteiger charge is -2.56. The molecule has 0 spiro atoms. The Labute approximate surface area is 122 Å². The van der Waals surface area contributed by atoms with Gasteiger partial charge < -0.3 is 5.73 Å². The predicted octanol–water partition coefficient (Wildman–Crippen LogP) is 3.33. The molecule has 2 N–H and O–H groups in total. The van der Waals surface area contributed by atoms with Gasteiger partial charge in [0.2, 0.25) is 0 Å². The molecule has 0 saturated heterocycles. The van der Waals surface area contributed by atoms with E-state index in [0.29, 0.717) is 6.04 Å². The molecular weight excluding hydrogens is 244 g/mol. The van der Waals surface area contributed by atoms with Crippen molar-refractivity contribution in [1.29, 1.82) is 0 Å². The van der Waals surface area contributed by atoms with Crippen molar-refractivity contribution in [2.45, 2.75) is 51.5 Å². The second-order valence-corrected chi connectivity index (χ2v) is 7.70. The summed E-state index contributed by atoms with van der Waals surface area (Å²) in [6, 6.07) is 4.64. The minimum atomic E-state index is 0.320. The van der Waals surface area contributed by atoms with Crippen LogP contribution < -0.4 is 5.73 Å². The van der Waals surface area contributed by atoms with Crippen LogP contribution in [0.4, 0.5) is 0 Å². The van der Waals surface area contributed by atoms with Crippen molar-refractivity contribution in [3.8, 4) is 0 Å². The second-order valence-electron chi connectivity index (χ2n) is 7.70. The van der Waals surface area contributed by atoms with Crippen LogP contribution in [0.2, 0.25) is 0 Å². The number of nitrogens with two attached hydrogens (primary N) is 1. The van der Waals surface area contributed by atoms with Gasteiger partial charge in [-0.3, -0.25) is 4.98 Å². The Bertz CT molecular complexity index is 451. The van der Waals surface area contributed by atoms with E-state index in [2.05, 4.69) is 24.0 Å². The largest absolute Gasteiger partial charge is 0.327 e. The first-order chi connectivity index (χ1) is 9.69. The average Bonchev–Trinajstić information content (AvgIpc) is 2.40. The molecule has 108 valence electrons. The molecule has 1 heterocycles. The molecule has 4 fully saturated rings. The Hall–Kier alpha value is -0.890. The van der Waals surface area contributed by atoms with Crippen molar-refractivity contribution < 1.29 is 0 Å². The molecule has 0 radical (unpaired) electrons. The lowest BCUT2D eigenvalue weighted by atomic mass is 9.50. The third-order valence-corrected chi connectivity index (χ3v) is 6.21. The van der Waals surface area contributed by atoms with Crippen molar-refractivity contribution in [1.82, 2.24) is 4.98 Å². The molecule has 5 rings (SSSR count). The zero-order chi connectivity index (χ0) is 13.7. The third kappa shape index (κ3) is 2.18. The minimum absolute atomic E-state index is 0.320. The van der Waals surface area contributed by atoms with Crippen molar-refractivity contribution in [2.24, 2.45) is 35.3 Å². The van der Waals surface area contributed by atoms with Gasteiger partial charge >= 0.3 is 0 Å². The Balaban J connectivity index is 1.48. The maximum absolute atomic E-state index is 6.63. The van der Waals surface area contributed by atoms with Crippen LogP contribution in [0.25, 0.3) is 0 Å². The van der Waals surface area contributed by atoms with Crippen LogP contribution in [0.1, 0.15) is 43.4 Å². The van der Waals surface area contributed by atoms with Gasteiger partial charge in [-0.25, -0.2) is 0 Å². The molecule has 0 aliphatic heterocycles. The maximum atomic E-state index is 6.63. The van der Waals surface area contributed by atoms with Gasteiger partial charge in [-0.1, -0.05) is 6.07 Å². The normalized spacial score (nSPS) is 40.0. The van der Waals surface area contributed by atoms with Crippen LogP contribution in [0, 0.1) is 36.5 Å². The molecule has 0 aromatic carbocycles. The van der Waals surface area contributed by atoms with Crippen LogP contribution in [-0.2, 0) is 6.42 Å². The second kappa shape index (κ2) is 4.84. The SMILES string of the molecule is Cc1ccc(CC(N)C2C3CC4CC(C3)CC2C4)nc1. The summed E-state index contributed by atoms with van der Waals surface area (Å²) in [6.45, 7) is 2.09. The highest BCUT2D eigenvalue weighted by Gasteiger charge is 2.49. The fourth-order valence-electron chi connectivity index (χ4n) is 5.66. The van der Waals surface area contributed by atoms with E-state index in [-0.39, 0.29) is 0 Å². The molecule has 4 aliphatic carbocycles. The summed E-state index contributed by atoms with van der Waals surface area (Å²) in [5.74, 6) is 4.70. The van der Waals surface area contributed by atoms with Gasteiger partial charge in [0.1, 0.15) is 0 Å². The monoisotopic (exact) mass is 270 g/mol. The van der Waals surface area contributed by atoms with Crippen molar-refractivity contribution >= 4 is 0 Å². The van der Waals surface area contributed by atoms with Crippen molar-refractivity contribution in [3.63, 3.8) is 0 Å². The first-order valence-corrected chi connectivity index (χ1v) is 8.36. The van der Waals surface area contributed by atoms with E-state index in [9.17, 15) is 0 Å². The van der Waals surface area contributed by atoms with E-state index in [1.54, 1.807) is 0 Å². The molecule has 1 unspecified atom stereocenters.